The molecule has 0 heterocycles. The second-order valence-electron chi connectivity index (χ2n) is 4.22. The van der Waals surface area contributed by atoms with Crippen molar-refractivity contribution in [3.63, 3.8) is 0 Å². The maximum absolute atomic E-state index is 3.74. The Labute approximate surface area is 96.5 Å². The van der Waals surface area contributed by atoms with Gasteiger partial charge in [-0.3, -0.25) is 0 Å². The molecule has 0 saturated heterocycles. The highest BCUT2D eigenvalue weighted by Gasteiger charge is 1.90. The molecule has 0 aliphatic heterocycles. The summed E-state index contributed by atoms with van der Waals surface area (Å²) in [6, 6.07) is 0. The third-order valence-corrected chi connectivity index (χ3v) is 2.68. The Morgan fingerprint density at radius 2 is 1.27 bits per heavy atom. The lowest BCUT2D eigenvalue weighted by Gasteiger charge is -1.99. The molecule has 0 aliphatic rings. The quantitative estimate of drug-likeness (QED) is 0.304. The van der Waals surface area contributed by atoms with Gasteiger partial charge in [0.05, 0.1) is 0 Å². The van der Waals surface area contributed by atoms with Crippen LogP contribution in [0.15, 0.2) is 24.8 Å². The molecule has 0 radical (unpaired) electrons. The van der Waals surface area contributed by atoms with E-state index in [2.05, 4.69) is 25.7 Å². The van der Waals surface area contributed by atoms with E-state index in [1.165, 1.54) is 64.2 Å². The number of hydrogen-bond donors (Lipinski definition) is 0. The summed E-state index contributed by atoms with van der Waals surface area (Å²) in [5.41, 5.74) is 0. The predicted octanol–water partition coefficient (Wildman–Crippen LogP) is 5.65. The number of allylic oxidation sites excluding steroid dienone is 3. The molecular weight excluding hydrogens is 180 g/mol. The summed E-state index contributed by atoms with van der Waals surface area (Å²) in [5, 5.41) is 0. The van der Waals surface area contributed by atoms with Gasteiger partial charge in [-0.2, -0.15) is 0 Å². The first kappa shape index (κ1) is 14.5. The van der Waals surface area contributed by atoms with E-state index in [0.717, 1.165) is 0 Å². The van der Waals surface area contributed by atoms with Crippen LogP contribution in [0.1, 0.15) is 71.1 Å². The fourth-order valence-corrected chi connectivity index (χ4v) is 1.72. The van der Waals surface area contributed by atoms with Crippen LogP contribution in [-0.2, 0) is 0 Å². The van der Waals surface area contributed by atoms with Gasteiger partial charge in [-0.1, -0.05) is 57.3 Å². The first-order valence-electron chi connectivity index (χ1n) is 6.67. The monoisotopic (exact) mass is 208 g/mol. The molecule has 0 N–H and O–H groups in total. The summed E-state index contributed by atoms with van der Waals surface area (Å²) in [6.07, 6.45) is 20.1. The molecule has 15 heavy (non-hydrogen) atoms. The third kappa shape index (κ3) is 13.5. The summed E-state index contributed by atoms with van der Waals surface area (Å²) in [7, 11) is 0. The highest BCUT2D eigenvalue weighted by atomic mass is 14.0. The Hall–Kier alpha value is -0.520. The van der Waals surface area contributed by atoms with Crippen LogP contribution >= 0.6 is 0 Å². The zero-order valence-electron chi connectivity index (χ0n) is 10.5. The van der Waals surface area contributed by atoms with Gasteiger partial charge in [0.2, 0.25) is 0 Å². The third-order valence-electron chi connectivity index (χ3n) is 2.68. The summed E-state index contributed by atoms with van der Waals surface area (Å²) >= 11 is 0. The molecule has 0 bridgehead atoms. The Morgan fingerprint density at radius 1 is 0.733 bits per heavy atom. The fraction of sp³-hybridized carbons (Fsp3) is 0.733. The first-order chi connectivity index (χ1) is 7.41. The van der Waals surface area contributed by atoms with E-state index in [1.54, 1.807) is 0 Å². The van der Waals surface area contributed by atoms with Crippen molar-refractivity contribution in [3.05, 3.63) is 24.8 Å². The van der Waals surface area contributed by atoms with Crippen molar-refractivity contribution in [1.29, 1.82) is 0 Å². The second kappa shape index (κ2) is 13.5. The smallest absolute Gasteiger partial charge is 0.0351 e. The average Bonchev–Trinajstić information content (AvgIpc) is 2.26. The van der Waals surface area contributed by atoms with Gasteiger partial charge >= 0.3 is 0 Å². The van der Waals surface area contributed by atoms with Gasteiger partial charge in [0.1, 0.15) is 0 Å². The summed E-state index contributed by atoms with van der Waals surface area (Å²) < 4.78 is 0. The number of rotatable bonds is 11. The van der Waals surface area contributed by atoms with Crippen molar-refractivity contribution in [2.24, 2.45) is 0 Å². The highest BCUT2D eigenvalue weighted by Crippen LogP contribution is 2.09. The minimum atomic E-state index is 1.18. The molecule has 0 unspecified atom stereocenters. The zero-order chi connectivity index (χ0) is 11.2. The van der Waals surface area contributed by atoms with Crippen LogP contribution in [0.4, 0.5) is 0 Å². The Kier molecular flexibility index (Phi) is 13.0. The SMILES string of the molecule is C=CCCCCCCCCC/C=C\CC. The molecule has 88 valence electrons. The maximum atomic E-state index is 3.74. The molecule has 0 fully saturated rings. The Balaban J connectivity index is 2.92. The van der Waals surface area contributed by atoms with Crippen molar-refractivity contribution >= 4 is 0 Å². The van der Waals surface area contributed by atoms with Gasteiger partial charge in [-0.05, 0) is 32.1 Å². The maximum Gasteiger partial charge on any atom is -0.0351 e. The van der Waals surface area contributed by atoms with Crippen LogP contribution in [-0.4, -0.2) is 0 Å². The Bertz CT molecular complexity index is 144. The fourth-order valence-electron chi connectivity index (χ4n) is 1.72. The van der Waals surface area contributed by atoms with Crippen molar-refractivity contribution in [1.82, 2.24) is 0 Å². The lowest BCUT2D eigenvalue weighted by atomic mass is 10.1. The van der Waals surface area contributed by atoms with Gasteiger partial charge in [-0.15, -0.1) is 6.58 Å². The van der Waals surface area contributed by atoms with Gasteiger partial charge in [-0.25, -0.2) is 0 Å². The van der Waals surface area contributed by atoms with E-state index in [9.17, 15) is 0 Å². The molecule has 0 rings (SSSR count). The molecule has 0 amide bonds. The second-order valence-corrected chi connectivity index (χ2v) is 4.22. The molecule has 0 aromatic carbocycles. The van der Waals surface area contributed by atoms with E-state index in [4.69, 9.17) is 0 Å². The lowest BCUT2D eigenvalue weighted by Crippen LogP contribution is -1.80. The molecule has 0 nitrogen and oxygen atoms in total. The van der Waals surface area contributed by atoms with Gasteiger partial charge in [0.15, 0.2) is 0 Å². The van der Waals surface area contributed by atoms with Crippen molar-refractivity contribution in [2.75, 3.05) is 0 Å². The Morgan fingerprint density at radius 3 is 1.80 bits per heavy atom. The van der Waals surface area contributed by atoms with E-state index in [0.29, 0.717) is 0 Å². The topological polar surface area (TPSA) is 0 Å². The minimum Gasteiger partial charge on any atom is -0.103 e. The average molecular weight is 208 g/mol. The van der Waals surface area contributed by atoms with Crippen molar-refractivity contribution in [3.8, 4) is 0 Å². The van der Waals surface area contributed by atoms with E-state index >= 15 is 0 Å². The van der Waals surface area contributed by atoms with Crippen molar-refractivity contribution < 1.29 is 0 Å². The zero-order valence-corrected chi connectivity index (χ0v) is 10.5. The van der Waals surface area contributed by atoms with E-state index in [-0.39, 0.29) is 0 Å². The van der Waals surface area contributed by atoms with Gasteiger partial charge in [0, 0.05) is 0 Å². The molecular formula is C15H28. The van der Waals surface area contributed by atoms with Crippen LogP contribution in [0.2, 0.25) is 0 Å². The summed E-state index contributed by atoms with van der Waals surface area (Å²) in [5.74, 6) is 0. The number of unbranched alkanes of at least 4 members (excludes halogenated alkanes) is 8. The van der Waals surface area contributed by atoms with Crippen LogP contribution in [0.25, 0.3) is 0 Å². The molecule has 0 heteroatoms. The van der Waals surface area contributed by atoms with Gasteiger partial charge in [0.25, 0.3) is 0 Å². The molecule has 0 spiro atoms. The summed E-state index contributed by atoms with van der Waals surface area (Å²) in [4.78, 5) is 0. The van der Waals surface area contributed by atoms with E-state index in [1.807, 2.05) is 6.08 Å². The minimum absolute atomic E-state index is 1.18. The molecule has 0 aromatic heterocycles. The lowest BCUT2D eigenvalue weighted by molar-refractivity contribution is 0.583. The standard InChI is InChI=1S/C15H28/c1-3-5-7-9-11-13-15-14-12-10-8-6-4-2/h3,6,8H,1,4-5,7,9-15H2,2H3/b8-6-. The highest BCUT2D eigenvalue weighted by molar-refractivity contribution is 4.79. The molecule has 0 aromatic rings. The van der Waals surface area contributed by atoms with Crippen LogP contribution < -0.4 is 0 Å². The predicted molar refractivity (Wildman–Crippen MR) is 71.2 cm³/mol. The van der Waals surface area contributed by atoms with Crippen molar-refractivity contribution in [2.45, 2.75) is 71.1 Å². The number of hydrogen-bond acceptors (Lipinski definition) is 0. The molecule has 0 saturated carbocycles. The van der Waals surface area contributed by atoms with Crippen LogP contribution in [0.3, 0.4) is 0 Å². The largest absolute Gasteiger partial charge is 0.103 e. The van der Waals surface area contributed by atoms with E-state index < -0.39 is 0 Å². The molecule has 0 aliphatic carbocycles. The molecule has 0 atom stereocenters. The van der Waals surface area contributed by atoms with Crippen LogP contribution in [0, 0.1) is 0 Å². The normalized spacial score (nSPS) is 11.0. The van der Waals surface area contributed by atoms with Crippen LogP contribution in [0.5, 0.6) is 0 Å². The van der Waals surface area contributed by atoms with Gasteiger partial charge < -0.3 is 0 Å². The summed E-state index contributed by atoms with van der Waals surface area (Å²) in [6.45, 7) is 5.93. The first-order valence-corrected chi connectivity index (χ1v) is 6.67.